The lowest BCUT2D eigenvalue weighted by Gasteiger charge is -2.41. The van der Waals surface area contributed by atoms with Gasteiger partial charge >= 0.3 is 0 Å². The van der Waals surface area contributed by atoms with Crippen molar-refractivity contribution >= 4 is 0 Å². The maximum atomic E-state index is 5.81. The maximum Gasteiger partial charge on any atom is 0.0103 e. The zero-order valence-electron chi connectivity index (χ0n) is 11.2. The summed E-state index contributed by atoms with van der Waals surface area (Å²) in [4.78, 5) is 2.75. The SMILES string of the molecule is CC1CC(CN)CN1C1CCCC(C)(C)C1. The number of nitrogens with two attached hydrogens (primary N) is 1. The van der Waals surface area contributed by atoms with Crippen LogP contribution in [0.4, 0.5) is 0 Å². The second kappa shape index (κ2) is 4.66. The molecule has 0 aromatic carbocycles. The average Bonchev–Trinajstić information content (AvgIpc) is 2.58. The molecular formula is C14H28N2. The molecule has 94 valence electrons. The summed E-state index contributed by atoms with van der Waals surface area (Å²) in [5.74, 6) is 0.750. The molecule has 2 heteroatoms. The molecule has 2 nitrogen and oxygen atoms in total. The smallest absolute Gasteiger partial charge is 0.0103 e. The maximum absolute atomic E-state index is 5.81. The zero-order chi connectivity index (χ0) is 11.8. The molecule has 0 aromatic heterocycles. The second-order valence-electron chi connectivity index (χ2n) is 6.80. The first-order valence-corrected chi connectivity index (χ1v) is 6.97. The van der Waals surface area contributed by atoms with Crippen molar-refractivity contribution in [3.8, 4) is 0 Å². The largest absolute Gasteiger partial charge is 0.330 e. The Morgan fingerprint density at radius 1 is 1.38 bits per heavy atom. The van der Waals surface area contributed by atoms with Crippen LogP contribution in [0.3, 0.4) is 0 Å². The Labute approximate surface area is 101 Å². The third kappa shape index (κ3) is 2.60. The molecule has 0 amide bonds. The van der Waals surface area contributed by atoms with E-state index in [4.69, 9.17) is 5.73 Å². The zero-order valence-corrected chi connectivity index (χ0v) is 11.2. The van der Waals surface area contributed by atoms with Gasteiger partial charge in [-0.15, -0.1) is 0 Å². The molecule has 0 bridgehead atoms. The van der Waals surface area contributed by atoms with Gasteiger partial charge in [-0.3, -0.25) is 4.90 Å². The molecule has 3 unspecified atom stereocenters. The molecule has 1 saturated carbocycles. The van der Waals surface area contributed by atoms with Crippen molar-refractivity contribution in [2.24, 2.45) is 17.1 Å². The van der Waals surface area contributed by atoms with E-state index in [2.05, 4.69) is 25.7 Å². The molecular weight excluding hydrogens is 196 g/mol. The lowest BCUT2D eigenvalue weighted by molar-refractivity contribution is 0.0882. The van der Waals surface area contributed by atoms with Gasteiger partial charge in [0.15, 0.2) is 0 Å². The summed E-state index contributed by atoms with van der Waals surface area (Å²) in [6.45, 7) is 9.37. The van der Waals surface area contributed by atoms with Crippen molar-refractivity contribution < 1.29 is 0 Å². The van der Waals surface area contributed by atoms with Crippen molar-refractivity contribution in [2.75, 3.05) is 13.1 Å². The molecule has 3 atom stereocenters. The fourth-order valence-electron chi connectivity index (χ4n) is 3.79. The summed E-state index contributed by atoms with van der Waals surface area (Å²) < 4.78 is 0. The molecule has 16 heavy (non-hydrogen) atoms. The highest BCUT2D eigenvalue weighted by Gasteiger charge is 2.37. The highest BCUT2D eigenvalue weighted by molar-refractivity contribution is 4.92. The quantitative estimate of drug-likeness (QED) is 0.781. The molecule has 1 heterocycles. The number of likely N-dealkylation sites (tertiary alicyclic amines) is 1. The first-order chi connectivity index (χ1) is 7.52. The summed E-state index contributed by atoms with van der Waals surface area (Å²) in [5.41, 5.74) is 6.37. The predicted molar refractivity (Wildman–Crippen MR) is 69.4 cm³/mol. The molecule has 0 spiro atoms. The first kappa shape index (κ1) is 12.4. The minimum atomic E-state index is 0.559. The summed E-state index contributed by atoms with van der Waals surface area (Å²) >= 11 is 0. The third-order valence-corrected chi connectivity index (χ3v) is 4.69. The molecule has 1 aliphatic carbocycles. The van der Waals surface area contributed by atoms with E-state index in [1.165, 1.54) is 38.6 Å². The van der Waals surface area contributed by atoms with Gasteiger partial charge in [0.25, 0.3) is 0 Å². The van der Waals surface area contributed by atoms with Gasteiger partial charge in [0, 0.05) is 18.6 Å². The van der Waals surface area contributed by atoms with E-state index in [-0.39, 0.29) is 0 Å². The van der Waals surface area contributed by atoms with E-state index in [1.54, 1.807) is 0 Å². The second-order valence-corrected chi connectivity index (χ2v) is 6.80. The number of rotatable bonds is 2. The lowest BCUT2D eigenvalue weighted by atomic mass is 9.74. The normalized spacial score (nSPS) is 40.1. The Bertz CT molecular complexity index is 237. The minimum absolute atomic E-state index is 0.559. The van der Waals surface area contributed by atoms with Crippen LogP contribution in [0.5, 0.6) is 0 Å². The van der Waals surface area contributed by atoms with Gasteiger partial charge in [0.05, 0.1) is 0 Å². The van der Waals surface area contributed by atoms with Gasteiger partial charge in [-0.2, -0.15) is 0 Å². The number of hydrogen-bond donors (Lipinski definition) is 1. The highest BCUT2D eigenvalue weighted by Crippen LogP contribution is 2.39. The van der Waals surface area contributed by atoms with Crippen LogP contribution in [-0.2, 0) is 0 Å². The van der Waals surface area contributed by atoms with Crippen LogP contribution in [0.15, 0.2) is 0 Å². The van der Waals surface area contributed by atoms with Gasteiger partial charge < -0.3 is 5.73 Å². The van der Waals surface area contributed by atoms with E-state index in [1.807, 2.05) is 0 Å². The Hall–Kier alpha value is -0.0800. The minimum Gasteiger partial charge on any atom is -0.330 e. The van der Waals surface area contributed by atoms with Crippen LogP contribution in [-0.4, -0.2) is 30.1 Å². The van der Waals surface area contributed by atoms with E-state index in [9.17, 15) is 0 Å². The Balaban J connectivity index is 1.97. The van der Waals surface area contributed by atoms with E-state index in [0.717, 1.165) is 24.5 Å². The van der Waals surface area contributed by atoms with Crippen molar-refractivity contribution in [3.05, 3.63) is 0 Å². The molecule has 2 rings (SSSR count). The number of nitrogens with zero attached hydrogens (tertiary/aromatic N) is 1. The van der Waals surface area contributed by atoms with E-state index < -0.39 is 0 Å². The van der Waals surface area contributed by atoms with Crippen LogP contribution in [0.1, 0.15) is 52.9 Å². The fraction of sp³-hybridized carbons (Fsp3) is 1.00. The molecule has 2 fully saturated rings. The van der Waals surface area contributed by atoms with Gasteiger partial charge in [-0.1, -0.05) is 20.3 Å². The predicted octanol–water partition coefficient (Wildman–Crippen LogP) is 2.62. The number of hydrogen-bond acceptors (Lipinski definition) is 2. The standard InChI is InChI=1S/C14H28N2/c1-11-7-12(9-15)10-16(11)13-5-4-6-14(2,3)8-13/h11-13H,4-10,15H2,1-3H3. The van der Waals surface area contributed by atoms with Crippen molar-refractivity contribution in [3.63, 3.8) is 0 Å². The van der Waals surface area contributed by atoms with Gasteiger partial charge in [-0.05, 0) is 50.5 Å². The van der Waals surface area contributed by atoms with Crippen LogP contribution < -0.4 is 5.73 Å². The first-order valence-electron chi connectivity index (χ1n) is 6.97. The van der Waals surface area contributed by atoms with Crippen molar-refractivity contribution in [1.29, 1.82) is 0 Å². The summed E-state index contributed by atoms with van der Waals surface area (Å²) in [6.07, 6.45) is 6.92. The topological polar surface area (TPSA) is 29.3 Å². The van der Waals surface area contributed by atoms with Crippen LogP contribution in [0.25, 0.3) is 0 Å². The Morgan fingerprint density at radius 3 is 2.69 bits per heavy atom. The highest BCUT2D eigenvalue weighted by atomic mass is 15.2. The van der Waals surface area contributed by atoms with Gasteiger partial charge in [0.1, 0.15) is 0 Å². The molecule has 2 N–H and O–H groups in total. The van der Waals surface area contributed by atoms with Crippen molar-refractivity contribution in [2.45, 2.75) is 65.0 Å². The average molecular weight is 224 g/mol. The molecule has 1 aliphatic heterocycles. The van der Waals surface area contributed by atoms with Gasteiger partial charge in [-0.25, -0.2) is 0 Å². The molecule has 1 saturated heterocycles. The molecule has 0 radical (unpaired) electrons. The van der Waals surface area contributed by atoms with Crippen LogP contribution in [0.2, 0.25) is 0 Å². The molecule has 2 aliphatic rings. The monoisotopic (exact) mass is 224 g/mol. The Morgan fingerprint density at radius 2 is 2.12 bits per heavy atom. The fourth-order valence-corrected chi connectivity index (χ4v) is 3.79. The third-order valence-electron chi connectivity index (χ3n) is 4.69. The Kier molecular flexibility index (Phi) is 3.60. The lowest BCUT2D eigenvalue weighted by Crippen LogP contribution is -2.43. The van der Waals surface area contributed by atoms with Crippen LogP contribution in [0, 0.1) is 11.3 Å². The van der Waals surface area contributed by atoms with Crippen LogP contribution >= 0.6 is 0 Å². The van der Waals surface area contributed by atoms with E-state index >= 15 is 0 Å². The van der Waals surface area contributed by atoms with Gasteiger partial charge in [0.2, 0.25) is 0 Å². The van der Waals surface area contributed by atoms with E-state index in [0.29, 0.717) is 5.41 Å². The van der Waals surface area contributed by atoms with Crippen molar-refractivity contribution in [1.82, 2.24) is 4.90 Å². The summed E-state index contributed by atoms with van der Waals surface area (Å²) in [5, 5.41) is 0. The molecule has 0 aromatic rings. The summed E-state index contributed by atoms with van der Waals surface area (Å²) in [7, 11) is 0. The summed E-state index contributed by atoms with van der Waals surface area (Å²) in [6, 6.07) is 1.59.